The third kappa shape index (κ3) is 5.63. The summed E-state index contributed by atoms with van der Waals surface area (Å²) in [6, 6.07) is 1.43. The van der Waals surface area contributed by atoms with Crippen molar-refractivity contribution in [1.82, 2.24) is 14.9 Å². The molecule has 1 aliphatic carbocycles. The largest absolute Gasteiger partial charge is 0.456 e. The third-order valence-electron chi connectivity index (χ3n) is 5.14. The van der Waals surface area contributed by atoms with E-state index in [1.165, 1.54) is 0 Å². The highest BCUT2D eigenvalue weighted by atomic mass is 32.2. The normalized spacial score (nSPS) is 21.4. The summed E-state index contributed by atoms with van der Waals surface area (Å²) in [6.07, 6.45) is 7.52. The molecular weight excluding hydrogens is 384 g/mol. The van der Waals surface area contributed by atoms with Gasteiger partial charge in [0.2, 0.25) is 5.95 Å². The van der Waals surface area contributed by atoms with Crippen LogP contribution in [0.15, 0.2) is 18.5 Å². The van der Waals surface area contributed by atoms with Crippen molar-refractivity contribution in [2.75, 3.05) is 30.0 Å². The van der Waals surface area contributed by atoms with Crippen molar-refractivity contribution in [2.24, 2.45) is 0 Å². The van der Waals surface area contributed by atoms with E-state index in [9.17, 15) is 18.0 Å². The summed E-state index contributed by atoms with van der Waals surface area (Å²) < 4.78 is 28.8. The van der Waals surface area contributed by atoms with Gasteiger partial charge in [-0.2, -0.15) is 0 Å². The number of carbonyl (C=O) groups excluding carboxylic acids is 2. The number of anilines is 1. The van der Waals surface area contributed by atoms with Crippen LogP contribution in [0, 0.1) is 0 Å². The van der Waals surface area contributed by atoms with Crippen molar-refractivity contribution in [3.05, 3.63) is 18.5 Å². The molecule has 0 aromatic carbocycles. The van der Waals surface area contributed by atoms with Crippen molar-refractivity contribution >= 4 is 27.7 Å². The Labute approximate surface area is 164 Å². The molecule has 10 heteroatoms. The zero-order valence-corrected chi connectivity index (χ0v) is 16.6. The highest BCUT2D eigenvalue weighted by Crippen LogP contribution is 2.29. The Morgan fingerprint density at radius 1 is 1.14 bits per heavy atom. The van der Waals surface area contributed by atoms with Crippen LogP contribution in [0.4, 0.5) is 5.95 Å². The Morgan fingerprint density at radius 2 is 1.86 bits per heavy atom. The van der Waals surface area contributed by atoms with Gasteiger partial charge in [-0.1, -0.05) is 12.8 Å². The van der Waals surface area contributed by atoms with Crippen molar-refractivity contribution < 1.29 is 22.7 Å². The van der Waals surface area contributed by atoms with Gasteiger partial charge in [0.05, 0.1) is 17.9 Å². The van der Waals surface area contributed by atoms with Gasteiger partial charge in [-0.15, -0.1) is 0 Å². The van der Waals surface area contributed by atoms with Crippen LogP contribution < -0.4 is 5.32 Å². The maximum Gasteiger partial charge on any atom is 0.308 e. The van der Waals surface area contributed by atoms with Crippen LogP contribution in [-0.2, 0) is 24.2 Å². The molecule has 1 atom stereocenters. The molecule has 0 radical (unpaired) electrons. The standard InChI is InChI=1S/C18H26N4O5S/c23-16(12-27-17(24)6-10-21-18-19-8-3-9-20-18)22(14-4-1-2-5-14)15-7-11-28(25,26)13-15/h3,8-9,14-15H,1-2,4-7,10-13H2,(H,19,20,21). The molecular formula is C18H26N4O5S. The number of esters is 1. The summed E-state index contributed by atoms with van der Waals surface area (Å²) in [5.41, 5.74) is 0. The number of nitrogens with one attached hydrogen (secondary N) is 1. The fraction of sp³-hybridized carbons (Fsp3) is 0.667. The topological polar surface area (TPSA) is 119 Å². The highest BCUT2D eigenvalue weighted by Gasteiger charge is 2.39. The molecule has 1 N–H and O–H groups in total. The van der Waals surface area contributed by atoms with Gasteiger partial charge in [-0.05, 0) is 25.3 Å². The van der Waals surface area contributed by atoms with Crippen LogP contribution in [0.1, 0.15) is 38.5 Å². The molecule has 1 saturated heterocycles. The van der Waals surface area contributed by atoms with E-state index in [4.69, 9.17) is 4.74 Å². The van der Waals surface area contributed by atoms with Crippen LogP contribution in [0.25, 0.3) is 0 Å². The predicted molar refractivity (Wildman–Crippen MR) is 102 cm³/mol. The summed E-state index contributed by atoms with van der Waals surface area (Å²) in [5, 5.41) is 2.90. The quantitative estimate of drug-likeness (QED) is 0.625. The average Bonchev–Trinajstić information content (AvgIpc) is 3.31. The Kier molecular flexibility index (Phi) is 6.82. The van der Waals surface area contributed by atoms with Crippen molar-refractivity contribution in [1.29, 1.82) is 0 Å². The molecule has 154 valence electrons. The fourth-order valence-corrected chi connectivity index (χ4v) is 5.55. The molecule has 3 rings (SSSR count). The van der Waals surface area contributed by atoms with Crippen molar-refractivity contribution in [2.45, 2.75) is 50.6 Å². The van der Waals surface area contributed by atoms with Gasteiger partial charge < -0.3 is 15.0 Å². The molecule has 1 unspecified atom stereocenters. The lowest BCUT2D eigenvalue weighted by Gasteiger charge is -2.33. The minimum absolute atomic E-state index is 0.00415. The minimum atomic E-state index is -3.09. The lowest BCUT2D eigenvalue weighted by atomic mass is 10.1. The average molecular weight is 410 g/mol. The van der Waals surface area contributed by atoms with Gasteiger partial charge in [0.1, 0.15) is 0 Å². The second kappa shape index (κ2) is 9.31. The van der Waals surface area contributed by atoms with Crippen molar-refractivity contribution in [3.8, 4) is 0 Å². The van der Waals surface area contributed by atoms with Crippen LogP contribution in [0.5, 0.6) is 0 Å². The first kappa shape index (κ1) is 20.5. The molecule has 1 aromatic heterocycles. The molecule has 28 heavy (non-hydrogen) atoms. The summed E-state index contributed by atoms with van der Waals surface area (Å²) in [5.74, 6) is -0.268. The molecule has 2 aliphatic rings. The minimum Gasteiger partial charge on any atom is -0.456 e. The first-order valence-electron chi connectivity index (χ1n) is 9.63. The Morgan fingerprint density at radius 3 is 2.50 bits per heavy atom. The van der Waals surface area contributed by atoms with E-state index >= 15 is 0 Å². The fourth-order valence-electron chi connectivity index (χ4n) is 3.84. The molecule has 0 bridgehead atoms. The van der Waals surface area contributed by atoms with Gasteiger partial charge in [0.25, 0.3) is 5.91 Å². The van der Waals surface area contributed by atoms with E-state index < -0.39 is 15.8 Å². The molecule has 1 amide bonds. The number of carbonyl (C=O) groups is 2. The maximum absolute atomic E-state index is 12.7. The predicted octanol–water partition coefficient (Wildman–Crippen LogP) is 0.780. The second-order valence-corrected chi connectivity index (χ2v) is 9.43. The lowest BCUT2D eigenvalue weighted by molar-refractivity contribution is -0.153. The van der Waals surface area contributed by atoms with Crippen LogP contribution in [-0.4, -0.2) is 71.9 Å². The first-order valence-corrected chi connectivity index (χ1v) is 11.4. The molecule has 9 nitrogen and oxygen atoms in total. The van der Waals surface area contributed by atoms with E-state index in [1.54, 1.807) is 23.4 Å². The summed E-state index contributed by atoms with van der Waals surface area (Å²) in [7, 11) is -3.09. The van der Waals surface area contributed by atoms with Crippen LogP contribution in [0.2, 0.25) is 0 Å². The molecule has 1 aliphatic heterocycles. The smallest absolute Gasteiger partial charge is 0.308 e. The Hall–Kier alpha value is -2.23. The highest BCUT2D eigenvalue weighted by molar-refractivity contribution is 7.91. The number of ether oxygens (including phenoxy) is 1. The van der Waals surface area contributed by atoms with E-state index in [2.05, 4.69) is 15.3 Å². The zero-order valence-electron chi connectivity index (χ0n) is 15.7. The van der Waals surface area contributed by atoms with Gasteiger partial charge in [0, 0.05) is 31.0 Å². The van der Waals surface area contributed by atoms with E-state index in [0.29, 0.717) is 18.9 Å². The lowest BCUT2D eigenvalue weighted by Crippen LogP contribution is -2.48. The third-order valence-corrected chi connectivity index (χ3v) is 6.89. The summed E-state index contributed by atoms with van der Waals surface area (Å²) in [6.45, 7) is -0.0576. The first-order chi connectivity index (χ1) is 13.4. The van der Waals surface area contributed by atoms with Gasteiger partial charge in [-0.3, -0.25) is 9.59 Å². The van der Waals surface area contributed by atoms with Crippen LogP contribution >= 0.6 is 0 Å². The maximum atomic E-state index is 12.7. The number of rotatable bonds is 8. The number of sulfone groups is 1. The molecule has 1 aromatic rings. The van der Waals surface area contributed by atoms with Crippen molar-refractivity contribution in [3.63, 3.8) is 0 Å². The number of aromatic nitrogens is 2. The summed E-state index contributed by atoms with van der Waals surface area (Å²) in [4.78, 5) is 34.3. The number of amides is 1. The molecule has 1 saturated carbocycles. The number of hydrogen-bond acceptors (Lipinski definition) is 8. The molecule has 2 heterocycles. The molecule has 2 fully saturated rings. The second-order valence-electron chi connectivity index (χ2n) is 7.21. The molecule has 0 spiro atoms. The van der Waals surface area contributed by atoms with E-state index in [0.717, 1.165) is 25.7 Å². The van der Waals surface area contributed by atoms with Gasteiger partial charge >= 0.3 is 5.97 Å². The zero-order chi connectivity index (χ0) is 20.0. The number of hydrogen-bond donors (Lipinski definition) is 1. The monoisotopic (exact) mass is 410 g/mol. The van der Waals surface area contributed by atoms with Gasteiger partial charge in [-0.25, -0.2) is 18.4 Å². The number of nitrogens with zero attached hydrogens (tertiary/aromatic N) is 3. The summed E-state index contributed by atoms with van der Waals surface area (Å²) >= 11 is 0. The Balaban J connectivity index is 1.48. The van der Waals surface area contributed by atoms with E-state index in [1.807, 2.05) is 0 Å². The SMILES string of the molecule is O=C(CCNc1ncccn1)OCC(=O)N(C1CCCC1)C1CCS(=O)(=O)C1. The van der Waals surface area contributed by atoms with E-state index in [-0.39, 0.29) is 42.5 Å². The Bertz CT molecular complexity index is 780. The van der Waals surface area contributed by atoms with Crippen LogP contribution in [0.3, 0.4) is 0 Å². The van der Waals surface area contributed by atoms with Gasteiger partial charge in [0.15, 0.2) is 16.4 Å².